The first kappa shape index (κ1) is 13.1. The number of carbonyl (C=O) groups is 2. The summed E-state index contributed by atoms with van der Waals surface area (Å²) >= 11 is 0. The van der Waals surface area contributed by atoms with Gasteiger partial charge in [-0.3, -0.25) is 0 Å². The van der Waals surface area contributed by atoms with Gasteiger partial charge in [0, 0.05) is 5.56 Å². The lowest BCUT2D eigenvalue weighted by atomic mass is 9.96. The first-order valence-electron chi connectivity index (χ1n) is 5.65. The molecule has 0 aliphatic carbocycles. The molecule has 0 spiro atoms. The lowest BCUT2D eigenvalue weighted by Gasteiger charge is -2.27. The average molecular weight is 264 g/mol. The second-order valence-electron chi connectivity index (χ2n) is 4.10. The highest BCUT2D eigenvalue weighted by Crippen LogP contribution is 2.28. The molecule has 0 radical (unpaired) electrons. The van der Waals surface area contributed by atoms with Gasteiger partial charge in [0.15, 0.2) is 0 Å². The van der Waals surface area contributed by atoms with Crippen LogP contribution in [0.2, 0.25) is 0 Å². The Labute approximate surface area is 109 Å². The predicted molar refractivity (Wildman–Crippen MR) is 65.5 cm³/mol. The lowest BCUT2D eigenvalue weighted by molar-refractivity contribution is -0.136. The minimum absolute atomic E-state index is 0.0412. The van der Waals surface area contributed by atoms with E-state index in [0.29, 0.717) is 11.1 Å². The summed E-state index contributed by atoms with van der Waals surface area (Å²) in [5, 5.41) is 4.95. The molecular formula is C13H13FN2O3. The molecule has 1 aromatic carbocycles. The maximum absolute atomic E-state index is 13.8. The highest BCUT2D eigenvalue weighted by molar-refractivity contribution is 5.96. The van der Waals surface area contributed by atoms with E-state index in [1.165, 1.54) is 13.2 Å². The van der Waals surface area contributed by atoms with Crippen molar-refractivity contribution >= 4 is 12.0 Å². The van der Waals surface area contributed by atoms with Gasteiger partial charge in [0.05, 0.1) is 13.2 Å². The van der Waals surface area contributed by atoms with Crippen molar-refractivity contribution in [2.45, 2.75) is 13.0 Å². The number of carbonyl (C=O) groups excluding carboxylic acids is 2. The summed E-state index contributed by atoms with van der Waals surface area (Å²) in [7, 11) is 1.22. The van der Waals surface area contributed by atoms with Crippen LogP contribution in [0.5, 0.6) is 0 Å². The topological polar surface area (TPSA) is 67.4 Å². The van der Waals surface area contributed by atoms with Gasteiger partial charge in [0.2, 0.25) is 0 Å². The first-order chi connectivity index (χ1) is 9.04. The Morgan fingerprint density at radius 2 is 2.05 bits per heavy atom. The predicted octanol–water partition coefficient (Wildman–Crippen LogP) is 1.63. The molecule has 1 aromatic rings. The van der Waals surface area contributed by atoms with Gasteiger partial charge >= 0.3 is 12.0 Å². The molecule has 2 N–H and O–H groups in total. The zero-order valence-corrected chi connectivity index (χ0v) is 10.5. The van der Waals surface area contributed by atoms with Gasteiger partial charge in [-0.05, 0) is 18.6 Å². The minimum Gasteiger partial charge on any atom is -0.464 e. The third-order valence-corrected chi connectivity index (χ3v) is 2.95. The maximum atomic E-state index is 13.8. The third kappa shape index (κ3) is 2.42. The Hall–Kier alpha value is -2.37. The lowest BCUT2D eigenvalue weighted by Crippen LogP contribution is -2.45. The van der Waals surface area contributed by atoms with Crippen molar-refractivity contribution in [3.63, 3.8) is 0 Å². The summed E-state index contributed by atoms with van der Waals surface area (Å²) in [6, 6.07) is 4.82. The standard InChI is InChI=1S/C13H13FN2O3/c1-7-10(8-5-3-4-6-9(8)14)15-13(18)16-11(7)12(17)19-2/h3-6,10H,1-2H3,(H2,15,16,18). The molecule has 2 amide bonds. The number of halogens is 1. The van der Waals surface area contributed by atoms with Gasteiger partial charge < -0.3 is 15.4 Å². The number of amides is 2. The molecule has 0 saturated heterocycles. The number of rotatable bonds is 2. The number of benzene rings is 1. The van der Waals surface area contributed by atoms with E-state index in [1.807, 2.05) is 0 Å². The van der Waals surface area contributed by atoms with Gasteiger partial charge in [-0.25, -0.2) is 14.0 Å². The fraction of sp³-hybridized carbons (Fsp3) is 0.231. The molecule has 1 atom stereocenters. The number of ether oxygens (including phenoxy) is 1. The Morgan fingerprint density at radius 3 is 2.68 bits per heavy atom. The fourth-order valence-corrected chi connectivity index (χ4v) is 1.97. The fourth-order valence-electron chi connectivity index (χ4n) is 1.97. The van der Waals surface area contributed by atoms with Crippen molar-refractivity contribution in [3.8, 4) is 0 Å². The molecule has 19 heavy (non-hydrogen) atoms. The molecule has 1 unspecified atom stereocenters. The normalized spacial score (nSPS) is 18.7. The molecule has 6 heteroatoms. The number of urea groups is 1. The van der Waals surface area contributed by atoms with Crippen molar-refractivity contribution in [2.24, 2.45) is 0 Å². The maximum Gasteiger partial charge on any atom is 0.354 e. The van der Waals surface area contributed by atoms with Crippen molar-refractivity contribution in [1.82, 2.24) is 10.6 Å². The van der Waals surface area contributed by atoms with Crippen molar-refractivity contribution in [3.05, 3.63) is 46.9 Å². The van der Waals surface area contributed by atoms with Gasteiger partial charge in [-0.15, -0.1) is 0 Å². The molecule has 0 aromatic heterocycles. The van der Waals surface area contributed by atoms with Crippen molar-refractivity contribution < 1.29 is 18.7 Å². The van der Waals surface area contributed by atoms with Crippen LogP contribution in [-0.4, -0.2) is 19.1 Å². The Bertz CT molecular complexity index is 569. The summed E-state index contributed by atoms with van der Waals surface area (Å²) in [6.07, 6.45) is 0. The monoisotopic (exact) mass is 264 g/mol. The summed E-state index contributed by atoms with van der Waals surface area (Å²) in [5.41, 5.74) is 0.840. The van der Waals surface area contributed by atoms with Gasteiger partial charge in [-0.2, -0.15) is 0 Å². The smallest absolute Gasteiger partial charge is 0.354 e. The van der Waals surface area contributed by atoms with Crippen LogP contribution in [0.1, 0.15) is 18.5 Å². The molecule has 100 valence electrons. The van der Waals surface area contributed by atoms with Gasteiger partial charge in [0.1, 0.15) is 11.5 Å². The SMILES string of the molecule is COC(=O)C1=C(C)C(c2ccccc2F)NC(=O)N1. The Kier molecular flexibility index (Phi) is 3.50. The molecule has 2 rings (SSSR count). The van der Waals surface area contributed by atoms with Crippen LogP contribution in [0.3, 0.4) is 0 Å². The molecule has 5 nitrogen and oxygen atoms in total. The number of hydrogen-bond acceptors (Lipinski definition) is 3. The van der Waals surface area contributed by atoms with Crippen LogP contribution in [0.15, 0.2) is 35.5 Å². The van der Waals surface area contributed by atoms with Crippen molar-refractivity contribution in [2.75, 3.05) is 7.11 Å². The van der Waals surface area contributed by atoms with Crippen LogP contribution < -0.4 is 10.6 Å². The number of esters is 1. The third-order valence-electron chi connectivity index (χ3n) is 2.95. The summed E-state index contributed by atoms with van der Waals surface area (Å²) in [5.74, 6) is -1.10. The van der Waals surface area contributed by atoms with Crippen molar-refractivity contribution in [1.29, 1.82) is 0 Å². The molecular weight excluding hydrogens is 251 g/mol. The zero-order chi connectivity index (χ0) is 14.0. The van der Waals surface area contributed by atoms with Gasteiger partial charge in [0.25, 0.3) is 0 Å². The highest BCUT2D eigenvalue weighted by Gasteiger charge is 2.30. The number of methoxy groups -OCH3 is 1. The van der Waals surface area contributed by atoms with Crippen LogP contribution in [0.4, 0.5) is 9.18 Å². The van der Waals surface area contributed by atoms with Crippen LogP contribution in [0.25, 0.3) is 0 Å². The second kappa shape index (κ2) is 5.09. The molecule has 1 heterocycles. The van der Waals surface area contributed by atoms with E-state index < -0.39 is 23.9 Å². The average Bonchev–Trinajstić information content (AvgIpc) is 2.41. The molecule has 1 aliphatic rings. The van der Waals surface area contributed by atoms with E-state index in [0.717, 1.165) is 0 Å². The van der Waals surface area contributed by atoms with E-state index in [1.54, 1.807) is 25.1 Å². The summed E-state index contributed by atoms with van der Waals surface area (Å²) < 4.78 is 18.4. The van der Waals surface area contributed by atoms with Gasteiger partial charge in [-0.1, -0.05) is 18.2 Å². The Morgan fingerprint density at radius 1 is 1.37 bits per heavy atom. The molecule has 0 fully saturated rings. The number of hydrogen-bond donors (Lipinski definition) is 2. The Balaban J connectivity index is 2.48. The summed E-state index contributed by atoms with van der Waals surface area (Å²) in [4.78, 5) is 23.1. The second-order valence-corrected chi connectivity index (χ2v) is 4.10. The highest BCUT2D eigenvalue weighted by atomic mass is 19.1. The zero-order valence-electron chi connectivity index (χ0n) is 10.5. The first-order valence-corrected chi connectivity index (χ1v) is 5.65. The van der Waals surface area contributed by atoms with E-state index in [-0.39, 0.29) is 5.70 Å². The van der Waals surface area contributed by atoms with E-state index in [9.17, 15) is 14.0 Å². The van der Waals surface area contributed by atoms with E-state index >= 15 is 0 Å². The van der Waals surface area contributed by atoms with Crippen LogP contribution >= 0.6 is 0 Å². The largest absolute Gasteiger partial charge is 0.464 e. The summed E-state index contributed by atoms with van der Waals surface area (Å²) in [6.45, 7) is 1.63. The molecule has 0 saturated carbocycles. The van der Waals surface area contributed by atoms with E-state index in [2.05, 4.69) is 15.4 Å². The quantitative estimate of drug-likeness (QED) is 0.798. The minimum atomic E-state index is -0.691. The number of nitrogens with one attached hydrogen (secondary N) is 2. The van der Waals surface area contributed by atoms with E-state index in [4.69, 9.17) is 0 Å². The molecule has 1 aliphatic heterocycles. The van der Waals surface area contributed by atoms with Crippen LogP contribution in [-0.2, 0) is 9.53 Å². The van der Waals surface area contributed by atoms with Crippen LogP contribution in [0, 0.1) is 5.82 Å². The molecule has 0 bridgehead atoms.